The average molecular weight is 1000 g/mol. The maximum absolute atomic E-state index is 13.0. The summed E-state index contributed by atoms with van der Waals surface area (Å²) in [5, 5.41) is 54.2. The van der Waals surface area contributed by atoms with Crippen molar-refractivity contribution in [2.75, 3.05) is 13.2 Å². The lowest BCUT2D eigenvalue weighted by Gasteiger charge is -2.40. The van der Waals surface area contributed by atoms with E-state index in [9.17, 15) is 30.3 Å². The summed E-state index contributed by atoms with van der Waals surface area (Å²) < 4.78 is 11.2. The predicted molar refractivity (Wildman–Crippen MR) is 300 cm³/mol. The quantitative estimate of drug-likeness (QED) is 0.0261. The zero-order chi connectivity index (χ0) is 51.5. The van der Waals surface area contributed by atoms with Gasteiger partial charge in [0.2, 0.25) is 5.91 Å². The van der Waals surface area contributed by atoms with Crippen molar-refractivity contribution in [1.29, 1.82) is 0 Å². The predicted octanol–water partition coefficient (Wildman–Crippen LogP) is 15.5. The van der Waals surface area contributed by atoms with E-state index in [4.69, 9.17) is 9.47 Å². The van der Waals surface area contributed by atoms with E-state index in [-0.39, 0.29) is 12.5 Å². The molecule has 0 bridgehead atoms. The van der Waals surface area contributed by atoms with Gasteiger partial charge in [0.15, 0.2) is 6.29 Å². The van der Waals surface area contributed by atoms with Gasteiger partial charge in [0.1, 0.15) is 24.4 Å². The van der Waals surface area contributed by atoms with Crippen LogP contribution in [0.4, 0.5) is 0 Å². The number of hydrogen-bond acceptors (Lipinski definition) is 8. The number of allylic oxidation sites excluding steroid dienone is 5. The number of carbonyl (C=O) groups excluding carboxylic acids is 1. The molecule has 0 aromatic rings. The number of unbranched alkanes of at least 4 members (excludes halogenated alkanes) is 39. The number of amides is 1. The van der Waals surface area contributed by atoms with Gasteiger partial charge >= 0.3 is 0 Å². The molecular weight excluding hydrogens is 887 g/mol. The molecule has 1 rings (SSSR count). The second-order valence-electron chi connectivity index (χ2n) is 21.5. The first kappa shape index (κ1) is 67.4. The van der Waals surface area contributed by atoms with Crippen molar-refractivity contribution < 1.29 is 39.8 Å². The maximum Gasteiger partial charge on any atom is 0.220 e. The van der Waals surface area contributed by atoms with E-state index in [2.05, 4.69) is 43.5 Å². The lowest BCUT2D eigenvalue weighted by Crippen LogP contribution is -2.60. The van der Waals surface area contributed by atoms with Crippen molar-refractivity contribution in [3.05, 3.63) is 36.5 Å². The third kappa shape index (κ3) is 41.4. The fourth-order valence-corrected chi connectivity index (χ4v) is 9.84. The Kier molecular flexibility index (Phi) is 49.3. The topological polar surface area (TPSA) is 149 Å². The van der Waals surface area contributed by atoms with Crippen LogP contribution in [0.3, 0.4) is 0 Å². The van der Waals surface area contributed by atoms with Gasteiger partial charge in [-0.05, 0) is 51.4 Å². The number of rotatable bonds is 53. The molecule has 0 saturated carbocycles. The van der Waals surface area contributed by atoms with Crippen molar-refractivity contribution in [1.82, 2.24) is 5.32 Å². The smallest absolute Gasteiger partial charge is 0.220 e. The molecule has 0 spiro atoms. The standard InChI is InChI=1S/C62H117NO8/c1-3-5-7-9-11-13-14-15-16-17-18-19-20-21-22-23-24-25-26-27-28-29-30-31-32-33-34-35-36-37-38-39-40-41-42-44-46-48-50-52-58(66)63-55(56(65)51-49-47-45-43-12-10-8-6-4-2)54-70-62-61(69)60(68)59(67)57(53-64)71-62/h14-15,17-18,49,51,55-57,59-62,64-65,67-69H,3-13,16,19-48,50,52-54H2,1-2H3,(H,63,66)/b15-14-,18-17-,51-49+. The fourth-order valence-electron chi connectivity index (χ4n) is 9.84. The molecule has 0 aromatic carbocycles. The second-order valence-corrected chi connectivity index (χ2v) is 21.5. The highest BCUT2D eigenvalue weighted by atomic mass is 16.7. The molecule has 0 aromatic heterocycles. The van der Waals surface area contributed by atoms with Crippen molar-refractivity contribution in [3.8, 4) is 0 Å². The van der Waals surface area contributed by atoms with Gasteiger partial charge in [0.05, 0.1) is 25.4 Å². The number of aliphatic hydroxyl groups excluding tert-OH is 5. The minimum Gasteiger partial charge on any atom is -0.394 e. The minimum atomic E-state index is -1.56. The Labute approximate surface area is 438 Å². The van der Waals surface area contributed by atoms with E-state index in [1.165, 1.54) is 231 Å². The van der Waals surface area contributed by atoms with Crippen LogP contribution in [-0.2, 0) is 14.3 Å². The van der Waals surface area contributed by atoms with Gasteiger partial charge in [-0.2, -0.15) is 0 Å². The third-order valence-electron chi connectivity index (χ3n) is 14.7. The lowest BCUT2D eigenvalue weighted by molar-refractivity contribution is -0.302. The van der Waals surface area contributed by atoms with E-state index < -0.39 is 49.5 Å². The van der Waals surface area contributed by atoms with Crippen molar-refractivity contribution in [2.45, 2.75) is 339 Å². The number of carbonyl (C=O) groups is 1. The average Bonchev–Trinajstić information content (AvgIpc) is 3.37. The number of ether oxygens (including phenoxy) is 2. The van der Waals surface area contributed by atoms with Gasteiger partial charge in [-0.1, -0.05) is 275 Å². The monoisotopic (exact) mass is 1000 g/mol. The summed E-state index contributed by atoms with van der Waals surface area (Å²) in [5.41, 5.74) is 0. The molecule has 1 saturated heterocycles. The van der Waals surface area contributed by atoms with Crippen molar-refractivity contribution in [3.63, 3.8) is 0 Å². The van der Waals surface area contributed by atoms with E-state index in [1.54, 1.807) is 6.08 Å². The molecule has 418 valence electrons. The summed E-state index contributed by atoms with van der Waals surface area (Å²) in [4.78, 5) is 13.0. The molecule has 1 aliphatic rings. The fraction of sp³-hybridized carbons (Fsp3) is 0.887. The first-order valence-electron chi connectivity index (χ1n) is 30.7. The molecule has 9 heteroatoms. The van der Waals surface area contributed by atoms with Gasteiger partial charge in [-0.25, -0.2) is 0 Å². The Morgan fingerprint density at radius 2 is 0.831 bits per heavy atom. The molecule has 9 nitrogen and oxygen atoms in total. The number of aliphatic hydroxyl groups is 5. The normalized spacial score (nSPS) is 19.5. The van der Waals surface area contributed by atoms with Crippen LogP contribution in [0.25, 0.3) is 0 Å². The zero-order valence-corrected chi connectivity index (χ0v) is 46.5. The zero-order valence-electron chi connectivity index (χ0n) is 46.5. The molecule has 0 radical (unpaired) electrons. The summed E-state index contributed by atoms with van der Waals surface area (Å²) >= 11 is 0. The lowest BCUT2D eigenvalue weighted by atomic mass is 9.99. The van der Waals surface area contributed by atoms with E-state index in [0.717, 1.165) is 44.9 Å². The molecule has 1 amide bonds. The van der Waals surface area contributed by atoms with Crippen LogP contribution >= 0.6 is 0 Å². The van der Waals surface area contributed by atoms with Crippen LogP contribution in [0.1, 0.15) is 296 Å². The third-order valence-corrected chi connectivity index (χ3v) is 14.7. The van der Waals surface area contributed by atoms with Crippen molar-refractivity contribution in [2.24, 2.45) is 0 Å². The molecular formula is C62H117NO8. The minimum absolute atomic E-state index is 0.175. The summed E-state index contributed by atoms with van der Waals surface area (Å²) in [7, 11) is 0. The van der Waals surface area contributed by atoms with Gasteiger partial charge in [-0.3, -0.25) is 4.79 Å². The first-order valence-corrected chi connectivity index (χ1v) is 30.7. The van der Waals surface area contributed by atoms with E-state index in [0.29, 0.717) is 6.42 Å². The Morgan fingerprint density at radius 3 is 1.21 bits per heavy atom. The van der Waals surface area contributed by atoms with Crippen LogP contribution < -0.4 is 5.32 Å². The molecule has 71 heavy (non-hydrogen) atoms. The summed E-state index contributed by atoms with van der Waals surface area (Å²) in [6.07, 6.45) is 61.3. The largest absolute Gasteiger partial charge is 0.394 e. The van der Waals surface area contributed by atoms with Gasteiger partial charge in [0.25, 0.3) is 0 Å². The van der Waals surface area contributed by atoms with E-state index in [1.807, 2.05) is 6.08 Å². The first-order chi connectivity index (χ1) is 34.8. The van der Waals surface area contributed by atoms with Crippen LogP contribution in [-0.4, -0.2) is 87.5 Å². The molecule has 6 N–H and O–H groups in total. The summed E-state index contributed by atoms with van der Waals surface area (Å²) in [6.45, 7) is 3.75. The highest BCUT2D eigenvalue weighted by Crippen LogP contribution is 2.23. The van der Waals surface area contributed by atoms with Crippen molar-refractivity contribution >= 4 is 5.91 Å². The Hall–Kier alpha value is -1.59. The summed E-state index contributed by atoms with van der Waals surface area (Å²) in [6, 6.07) is -0.800. The molecule has 1 fully saturated rings. The number of nitrogens with one attached hydrogen (secondary N) is 1. The molecule has 1 aliphatic heterocycles. The van der Waals surface area contributed by atoms with Crippen LogP contribution in [0.2, 0.25) is 0 Å². The SMILES string of the molecule is CCCCCCC/C=C\C/C=C\CCCCCCCCCCCCCCCCCCCCCCCCCCCCCC(=O)NC(COC1OC(CO)C(O)C(O)C1O)C(O)/C=C/CCCCCCCCC. The summed E-state index contributed by atoms with van der Waals surface area (Å²) in [5.74, 6) is -0.175. The van der Waals surface area contributed by atoms with E-state index >= 15 is 0 Å². The van der Waals surface area contributed by atoms with Gasteiger partial charge in [-0.15, -0.1) is 0 Å². The van der Waals surface area contributed by atoms with Gasteiger partial charge < -0.3 is 40.3 Å². The van der Waals surface area contributed by atoms with Crippen LogP contribution in [0.5, 0.6) is 0 Å². The molecule has 1 heterocycles. The highest BCUT2D eigenvalue weighted by Gasteiger charge is 2.44. The number of hydrogen-bond donors (Lipinski definition) is 6. The molecule has 7 unspecified atom stereocenters. The highest BCUT2D eigenvalue weighted by molar-refractivity contribution is 5.76. The Balaban J connectivity index is 1.98. The van der Waals surface area contributed by atoms with Gasteiger partial charge in [0, 0.05) is 6.42 Å². The Bertz CT molecular complexity index is 1210. The molecule has 7 atom stereocenters. The molecule has 0 aliphatic carbocycles. The second kappa shape index (κ2) is 51.9. The Morgan fingerprint density at radius 1 is 0.479 bits per heavy atom. The van der Waals surface area contributed by atoms with Crippen LogP contribution in [0, 0.1) is 0 Å². The maximum atomic E-state index is 13.0. The van der Waals surface area contributed by atoms with Crippen LogP contribution in [0.15, 0.2) is 36.5 Å².